The molecule has 6 nitrogen and oxygen atoms in total. The van der Waals surface area contributed by atoms with Gasteiger partial charge in [0.25, 0.3) is 5.91 Å². The Hall–Kier alpha value is -1.69. The number of nitrogens with zero attached hydrogens (tertiary/aromatic N) is 2. The summed E-state index contributed by atoms with van der Waals surface area (Å²) in [4.78, 5) is 20.9. The Morgan fingerprint density at radius 2 is 2.10 bits per heavy atom. The lowest BCUT2D eigenvalue weighted by Crippen LogP contribution is -2.41. The maximum atomic E-state index is 12.4. The van der Waals surface area contributed by atoms with E-state index < -0.39 is 0 Å². The number of carbonyl (C=O) groups is 1. The van der Waals surface area contributed by atoms with Crippen molar-refractivity contribution in [3.05, 3.63) is 17.7 Å². The van der Waals surface area contributed by atoms with E-state index in [0.29, 0.717) is 23.1 Å². The van der Waals surface area contributed by atoms with E-state index in [9.17, 15) is 4.79 Å². The zero-order valence-corrected chi connectivity index (χ0v) is 12.3. The van der Waals surface area contributed by atoms with Crippen LogP contribution >= 0.6 is 0 Å². The molecule has 20 heavy (non-hydrogen) atoms. The molecule has 1 heterocycles. The number of hydrazine groups is 1. The van der Waals surface area contributed by atoms with Crippen molar-refractivity contribution in [2.75, 3.05) is 5.43 Å². The zero-order valence-electron chi connectivity index (χ0n) is 12.3. The first-order valence-electron chi connectivity index (χ1n) is 7.17. The van der Waals surface area contributed by atoms with E-state index in [2.05, 4.69) is 20.7 Å². The normalized spacial score (nSPS) is 16.6. The highest BCUT2D eigenvalue weighted by Gasteiger charge is 2.26. The second kappa shape index (κ2) is 6.17. The summed E-state index contributed by atoms with van der Waals surface area (Å²) in [6.45, 7) is 6.02. The Morgan fingerprint density at radius 3 is 2.60 bits per heavy atom. The molecule has 0 aromatic carbocycles. The Morgan fingerprint density at radius 1 is 1.40 bits per heavy atom. The van der Waals surface area contributed by atoms with Gasteiger partial charge in [0.15, 0.2) is 5.69 Å². The van der Waals surface area contributed by atoms with Crippen LogP contribution in [0.1, 0.15) is 62.3 Å². The van der Waals surface area contributed by atoms with Gasteiger partial charge >= 0.3 is 0 Å². The predicted octanol–water partition coefficient (Wildman–Crippen LogP) is 1.80. The first-order valence-corrected chi connectivity index (χ1v) is 7.17. The standard InChI is InChI=1S/C14H23N5O/c1-8(2)13-16-7-11(19-15)12(18-13)14(20)17-9(3)10-5-4-6-10/h7-10,19H,4-6,15H2,1-3H3,(H,17,20). The summed E-state index contributed by atoms with van der Waals surface area (Å²) in [6, 6.07) is 0.166. The number of hydrogen-bond acceptors (Lipinski definition) is 5. The Balaban J connectivity index is 2.16. The second-order valence-corrected chi connectivity index (χ2v) is 5.74. The molecule has 0 bridgehead atoms. The van der Waals surface area contributed by atoms with Crippen LogP contribution in [0.3, 0.4) is 0 Å². The summed E-state index contributed by atoms with van der Waals surface area (Å²) >= 11 is 0. The smallest absolute Gasteiger partial charge is 0.272 e. The Kier molecular flexibility index (Phi) is 4.54. The highest BCUT2D eigenvalue weighted by Crippen LogP contribution is 2.29. The van der Waals surface area contributed by atoms with Gasteiger partial charge in [-0.15, -0.1) is 0 Å². The number of rotatable bonds is 5. The highest BCUT2D eigenvalue weighted by molar-refractivity contribution is 5.97. The summed E-state index contributed by atoms with van der Waals surface area (Å²) in [7, 11) is 0. The van der Waals surface area contributed by atoms with E-state index in [-0.39, 0.29) is 17.9 Å². The molecule has 6 heteroatoms. The molecule has 1 aliphatic rings. The molecule has 1 aromatic rings. The van der Waals surface area contributed by atoms with Crippen LogP contribution in [0.15, 0.2) is 6.20 Å². The minimum absolute atomic E-state index is 0.164. The van der Waals surface area contributed by atoms with Crippen molar-refractivity contribution in [2.45, 2.75) is 52.0 Å². The highest BCUT2D eigenvalue weighted by atomic mass is 16.2. The third-order valence-corrected chi connectivity index (χ3v) is 3.91. The molecule has 0 spiro atoms. The van der Waals surface area contributed by atoms with Gasteiger partial charge in [-0.05, 0) is 25.7 Å². The van der Waals surface area contributed by atoms with Crippen molar-refractivity contribution in [2.24, 2.45) is 11.8 Å². The molecule has 4 N–H and O–H groups in total. The fourth-order valence-electron chi connectivity index (χ4n) is 2.29. The number of hydrogen-bond donors (Lipinski definition) is 3. The summed E-state index contributed by atoms with van der Waals surface area (Å²) in [5, 5.41) is 3.01. The van der Waals surface area contributed by atoms with E-state index in [4.69, 9.17) is 5.84 Å². The van der Waals surface area contributed by atoms with Gasteiger partial charge in [-0.2, -0.15) is 0 Å². The fourth-order valence-corrected chi connectivity index (χ4v) is 2.29. The van der Waals surface area contributed by atoms with Crippen LogP contribution in [0.5, 0.6) is 0 Å². The molecule has 1 unspecified atom stereocenters. The number of anilines is 1. The molecule has 0 aliphatic heterocycles. The number of amides is 1. The van der Waals surface area contributed by atoms with Crippen LogP contribution in [0.2, 0.25) is 0 Å². The van der Waals surface area contributed by atoms with Gasteiger partial charge in [-0.25, -0.2) is 9.97 Å². The minimum atomic E-state index is -0.193. The molecule has 110 valence electrons. The van der Waals surface area contributed by atoms with Gasteiger partial charge in [0.05, 0.1) is 11.9 Å². The van der Waals surface area contributed by atoms with Crippen molar-refractivity contribution in [1.29, 1.82) is 0 Å². The largest absolute Gasteiger partial charge is 0.348 e. The van der Waals surface area contributed by atoms with E-state index in [0.717, 1.165) is 0 Å². The molecule has 1 saturated carbocycles. The van der Waals surface area contributed by atoms with Gasteiger partial charge in [0.1, 0.15) is 5.82 Å². The van der Waals surface area contributed by atoms with Crippen LogP contribution in [-0.2, 0) is 0 Å². The number of nitrogens with one attached hydrogen (secondary N) is 2. The van der Waals surface area contributed by atoms with Crippen molar-refractivity contribution in [1.82, 2.24) is 15.3 Å². The summed E-state index contributed by atoms with van der Waals surface area (Å²) in [6.07, 6.45) is 5.19. The average molecular weight is 277 g/mol. The summed E-state index contributed by atoms with van der Waals surface area (Å²) in [5.41, 5.74) is 3.26. The fraction of sp³-hybridized carbons (Fsp3) is 0.643. The lowest BCUT2D eigenvalue weighted by atomic mass is 9.80. The predicted molar refractivity (Wildman–Crippen MR) is 78.2 cm³/mol. The SMILES string of the molecule is CC(C)c1ncc(NN)c(C(=O)NC(C)C2CCC2)n1. The monoisotopic (exact) mass is 277 g/mol. The molecular formula is C14H23N5O. The van der Waals surface area contributed by atoms with Gasteiger partial charge in [0, 0.05) is 12.0 Å². The third-order valence-electron chi connectivity index (χ3n) is 3.91. The molecule has 1 amide bonds. The summed E-state index contributed by atoms with van der Waals surface area (Å²) in [5.74, 6) is 6.63. The van der Waals surface area contributed by atoms with Gasteiger partial charge in [-0.3, -0.25) is 10.6 Å². The Bertz CT molecular complexity index is 484. The maximum absolute atomic E-state index is 12.4. The second-order valence-electron chi connectivity index (χ2n) is 5.74. The molecule has 1 aliphatic carbocycles. The van der Waals surface area contributed by atoms with Crippen molar-refractivity contribution >= 4 is 11.6 Å². The van der Waals surface area contributed by atoms with Gasteiger partial charge in [-0.1, -0.05) is 20.3 Å². The van der Waals surface area contributed by atoms with Crippen molar-refractivity contribution < 1.29 is 4.79 Å². The first kappa shape index (κ1) is 14.7. The first-order chi connectivity index (χ1) is 9.52. The van der Waals surface area contributed by atoms with E-state index in [1.54, 1.807) is 6.20 Å². The van der Waals surface area contributed by atoms with Crippen LogP contribution < -0.4 is 16.6 Å². The topological polar surface area (TPSA) is 92.9 Å². The van der Waals surface area contributed by atoms with Gasteiger partial charge in [0.2, 0.25) is 0 Å². The number of nitrogens with two attached hydrogens (primary N) is 1. The van der Waals surface area contributed by atoms with E-state index in [1.807, 2.05) is 20.8 Å². The number of aromatic nitrogens is 2. The summed E-state index contributed by atoms with van der Waals surface area (Å²) < 4.78 is 0. The zero-order chi connectivity index (χ0) is 14.7. The van der Waals surface area contributed by atoms with Crippen LogP contribution in [0, 0.1) is 5.92 Å². The Labute approximate surface area is 119 Å². The minimum Gasteiger partial charge on any atom is -0.348 e. The van der Waals surface area contributed by atoms with Crippen molar-refractivity contribution in [3.8, 4) is 0 Å². The molecule has 1 fully saturated rings. The molecule has 1 aromatic heterocycles. The lowest BCUT2D eigenvalue weighted by Gasteiger charge is -2.31. The van der Waals surface area contributed by atoms with E-state index in [1.165, 1.54) is 19.3 Å². The van der Waals surface area contributed by atoms with Crippen molar-refractivity contribution in [3.63, 3.8) is 0 Å². The van der Waals surface area contributed by atoms with Gasteiger partial charge < -0.3 is 10.7 Å². The third kappa shape index (κ3) is 3.07. The van der Waals surface area contributed by atoms with E-state index >= 15 is 0 Å². The molecule has 0 radical (unpaired) electrons. The quantitative estimate of drug-likeness (QED) is 0.564. The average Bonchev–Trinajstić information content (AvgIpc) is 2.35. The number of carbonyl (C=O) groups excluding carboxylic acids is 1. The van der Waals surface area contributed by atoms with Crippen LogP contribution in [0.25, 0.3) is 0 Å². The molecule has 0 saturated heterocycles. The molecule has 2 rings (SSSR count). The molecular weight excluding hydrogens is 254 g/mol. The lowest BCUT2D eigenvalue weighted by molar-refractivity contribution is 0.0904. The van der Waals surface area contributed by atoms with Crippen LogP contribution in [-0.4, -0.2) is 21.9 Å². The molecule has 1 atom stereocenters. The number of nitrogen functional groups attached to an aromatic ring is 1. The maximum Gasteiger partial charge on any atom is 0.272 e. The van der Waals surface area contributed by atoms with Crippen LogP contribution in [0.4, 0.5) is 5.69 Å².